The number of fused-ring (bicyclic) bond motifs is 2. The lowest BCUT2D eigenvalue weighted by Crippen LogP contribution is -2.37. The first-order valence-corrected chi connectivity index (χ1v) is 12.5. The third-order valence-corrected chi connectivity index (χ3v) is 8.21. The van der Waals surface area contributed by atoms with Gasteiger partial charge in [0, 0.05) is 5.69 Å². The summed E-state index contributed by atoms with van der Waals surface area (Å²) in [4.78, 5) is 25.2. The second kappa shape index (κ2) is 8.67. The van der Waals surface area contributed by atoms with Gasteiger partial charge in [-0.1, -0.05) is 29.3 Å². The molecule has 0 aliphatic heterocycles. The van der Waals surface area contributed by atoms with Gasteiger partial charge in [0.2, 0.25) is 5.91 Å². The maximum Gasteiger partial charge on any atom is 0.307 e. The standard InChI is InChI=1S/C25H28N2O5S/c1-14(2)21-18-12-13-19(21)23(25(29)30)22(18)24(28)26-16-8-10-17(11-9-16)33(31,32)27-20-7-5-4-6-15(20)3/h4-11,18-19,22-23,27H,12-13H2,1-3H3,(H,26,28)(H,29,30)/t18-,19-,22+,23+/m1/s1. The number of allylic oxidation sites excluding steroid dienone is 2. The Labute approximate surface area is 194 Å². The van der Waals surface area contributed by atoms with Gasteiger partial charge in [-0.05, 0) is 81.3 Å². The zero-order valence-corrected chi connectivity index (χ0v) is 19.6. The highest BCUT2D eigenvalue weighted by Crippen LogP contribution is 2.57. The molecular weight excluding hydrogens is 440 g/mol. The minimum absolute atomic E-state index is 0.0564. The molecule has 0 aromatic heterocycles. The van der Waals surface area contributed by atoms with Crippen molar-refractivity contribution in [1.82, 2.24) is 0 Å². The number of anilines is 2. The molecule has 2 aliphatic rings. The lowest BCUT2D eigenvalue weighted by atomic mass is 9.78. The zero-order chi connectivity index (χ0) is 23.9. The molecule has 0 spiro atoms. The van der Waals surface area contributed by atoms with E-state index in [0.717, 1.165) is 29.6 Å². The number of hydrogen-bond acceptors (Lipinski definition) is 4. The SMILES string of the molecule is CC(C)=C1[C@H]2CC[C@H]1[C@H](C(=O)Nc1ccc(S(=O)(=O)Nc3ccccc3C)cc1)[C@H]2C(=O)O. The summed E-state index contributed by atoms with van der Waals surface area (Å²) >= 11 is 0. The van der Waals surface area contributed by atoms with Gasteiger partial charge in [0.1, 0.15) is 0 Å². The van der Waals surface area contributed by atoms with E-state index in [1.807, 2.05) is 32.9 Å². The number of amides is 1. The summed E-state index contributed by atoms with van der Waals surface area (Å²) in [5.74, 6) is -2.77. The largest absolute Gasteiger partial charge is 0.481 e. The molecule has 2 aromatic carbocycles. The number of nitrogens with one attached hydrogen (secondary N) is 2. The van der Waals surface area contributed by atoms with Crippen LogP contribution in [0.25, 0.3) is 0 Å². The highest BCUT2D eigenvalue weighted by atomic mass is 32.2. The molecule has 0 heterocycles. The van der Waals surface area contributed by atoms with E-state index < -0.39 is 27.8 Å². The predicted octanol–water partition coefficient (Wildman–Crippen LogP) is 4.43. The number of rotatable bonds is 6. The smallest absolute Gasteiger partial charge is 0.307 e. The summed E-state index contributed by atoms with van der Waals surface area (Å²) in [5.41, 5.74) is 3.95. The summed E-state index contributed by atoms with van der Waals surface area (Å²) in [7, 11) is -3.79. The van der Waals surface area contributed by atoms with Crippen molar-refractivity contribution in [2.75, 3.05) is 10.0 Å². The quantitative estimate of drug-likeness (QED) is 0.543. The number of carboxylic acids is 1. The Hall–Kier alpha value is -3.13. The number of benzene rings is 2. The van der Waals surface area contributed by atoms with Crippen molar-refractivity contribution in [3.63, 3.8) is 0 Å². The van der Waals surface area contributed by atoms with Crippen molar-refractivity contribution in [1.29, 1.82) is 0 Å². The van der Waals surface area contributed by atoms with Crippen molar-refractivity contribution in [3.05, 3.63) is 65.2 Å². The number of para-hydroxylation sites is 1. The number of hydrogen-bond donors (Lipinski definition) is 3. The maximum absolute atomic E-state index is 13.1. The first-order valence-electron chi connectivity index (χ1n) is 11.0. The second-order valence-electron chi connectivity index (χ2n) is 9.07. The van der Waals surface area contributed by atoms with Crippen LogP contribution in [-0.4, -0.2) is 25.4 Å². The van der Waals surface area contributed by atoms with E-state index in [1.165, 1.54) is 24.3 Å². The molecule has 0 radical (unpaired) electrons. The number of carbonyl (C=O) groups excluding carboxylic acids is 1. The fourth-order valence-corrected chi connectivity index (χ4v) is 6.57. The Morgan fingerprint density at radius 1 is 0.939 bits per heavy atom. The Morgan fingerprint density at radius 3 is 2.12 bits per heavy atom. The molecule has 0 unspecified atom stereocenters. The first-order chi connectivity index (χ1) is 15.6. The molecule has 2 bridgehead atoms. The van der Waals surface area contributed by atoms with E-state index in [-0.39, 0.29) is 22.6 Å². The minimum atomic E-state index is -3.79. The Morgan fingerprint density at radius 2 is 1.55 bits per heavy atom. The van der Waals surface area contributed by atoms with E-state index in [4.69, 9.17) is 0 Å². The topological polar surface area (TPSA) is 113 Å². The van der Waals surface area contributed by atoms with Crippen molar-refractivity contribution < 1.29 is 23.1 Å². The van der Waals surface area contributed by atoms with E-state index in [2.05, 4.69) is 10.0 Å². The monoisotopic (exact) mass is 468 g/mol. The molecule has 174 valence electrons. The molecule has 2 aromatic rings. The Balaban J connectivity index is 1.51. The third kappa shape index (κ3) is 4.27. The average Bonchev–Trinajstić information content (AvgIpc) is 3.32. The minimum Gasteiger partial charge on any atom is -0.481 e. The van der Waals surface area contributed by atoms with Crippen LogP contribution in [-0.2, 0) is 19.6 Å². The van der Waals surface area contributed by atoms with Crippen molar-refractivity contribution in [3.8, 4) is 0 Å². The summed E-state index contributed by atoms with van der Waals surface area (Å²) in [6.45, 7) is 5.77. The average molecular weight is 469 g/mol. The van der Waals surface area contributed by atoms with Crippen LogP contribution < -0.4 is 10.0 Å². The van der Waals surface area contributed by atoms with Gasteiger partial charge in [-0.2, -0.15) is 0 Å². The predicted molar refractivity (Wildman–Crippen MR) is 126 cm³/mol. The van der Waals surface area contributed by atoms with Crippen molar-refractivity contribution >= 4 is 33.3 Å². The number of carboxylic acid groups (broad SMARTS) is 1. The normalized spacial score (nSPS) is 23.9. The maximum atomic E-state index is 13.1. The van der Waals surface area contributed by atoms with E-state index in [9.17, 15) is 23.1 Å². The molecule has 1 amide bonds. The number of carbonyl (C=O) groups is 2. The summed E-state index contributed by atoms with van der Waals surface area (Å²) in [5, 5.41) is 12.6. The molecule has 2 aliphatic carbocycles. The Kier molecular flexibility index (Phi) is 6.05. The molecule has 2 saturated carbocycles. The number of aryl methyl sites for hydroxylation is 1. The van der Waals surface area contributed by atoms with Gasteiger partial charge < -0.3 is 10.4 Å². The lowest BCUT2D eigenvalue weighted by molar-refractivity contribution is -0.148. The van der Waals surface area contributed by atoms with Crippen LogP contribution in [0.15, 0.2) is 64.6 Å². The summed E-state index contributed by atoms with van der Waals surface area (Å²) in [6.07, 6.45) is 1.61. The van der Waals surface area contributed by atoms with Crippen LogP contribution in [0.1, 0.15) is 32.3 Å². The molecule has 8 heteroatoms. The zero-order valence-electron chi connectivity index (χ0n) is 18.8. The Bertz CT molecular complexity index is 1230. The van der Waals surface area contributed by atoms with Crippen LogP contribution in [0, 0.1) is 30.6 Å². The van der Waals surface area contributed by atoms with Crippen molar-refractivity contribution in [2.45, 2.75) is 38.5 Å². The van der Waals surface area contributed by atoms with Gasteiger partial charge in [-0.3, -0.25) is 14.3 Å². The molecule has 4 rings (SSSR count). The van der Waals surface area contributed by atoms with Crippen LogP contribution >= 0.6 is 0 Å². The summed E-state index contributed by atoms with van der Waals surface area (Å²) < 4.78 is 28.0. The van der Waals surface area contributed by atoms with Crippen LogP contribution in [0.4, 0.5) is 11.4 Å². The van der Waals surface area contributed by atoms with E-state index in [0.29, 0.717) is 11.4 Å². The summed E-state index contributed by atoms with van der Waals surface area (Å²) in [6, 6.07) is 13.0. The first kappa shape index (κ1) is 23.0. The van der Waals surface area contributed by atoms with Gasteiger partial charge >= 0.3 is 5.97 Å². The van der Waals surface area contributed by atoms with Crippen LogP contribution in [0.3, 0.4) is 0 Å². The molecule has 7 nitrogen and oxygen atoms in total. The van der Waals surface area contributed by atoms with Crippen LogP contribution in [0.5, 0.6) is 0 Å². The molecule has 33 heavy (non-hydrogen) atoms. The van der Waals surface area contributed by atoms with Gasteiger partial charge in [0.15, 0.2) is 0 Å². The molecular formula is C25H28N2O5S. The third-order valence-electron chi connectivity index (χ3n) is 6.83. The lowest BCUT2D eigenvalue weighted by Gasteiger charge is -2.26. The van der Waals surface area contributed by atoms with E-state index in [1.54, 1.807) is 12.1 Å². The van der Waals surface area contributed by atoms with Crippen molar-refractivity contribution in [2.24, 2.45) is 23.7 Å². The second-order valence-corrected chi connectivity index (χ2v) is 10.8. The van der Waals surface area contributed by atoms with Crippen LogP contribution in [0.2, 0.25) is 0 Å². The fourth-order valence-electron chi connectivity index (χ4n) is 5.44. The van der Waals surface area contributed by atoms with Gasteiger partial charge in [0.25, 0.3) is 10.0 Å². The van der Waals surface area contributed by atoms with E-state index >= 15 is 0 Å². The molecule has 2 fully saturated rings. The fraction of sp³-hybridized carbons (Fsp3) is 0.360. The number of sulfonamides is 1. The number of aliphatic carboxylic acids is 1. The van der Waals surface area contributed by atoms with Gasteiger partial charge in [0.05, 0.1) is 22.4 Å². The highest BCUT2D eigenvalue weighted by Gasteiger charge is 2.57. The molecule has 0 saturated heterocycles. The highest BCUT2D eigenvalue weighted by molar-refractivity contribution is 7.92. The van der Waals surface area contributed by atoms with Gasteiger partial charge in [-0.15, -0.1) is 0 Å². The molecule has 3 N–H and O–H groups in total. The molecule has 4 atom stereocenters. The van der Waals surface area contributed by atoms with Gasteiger partial charge in [-0.25, -0.2) is 8.42 Å².